The first-order chi connectivity index (χ1) is 8.80. The number of fused-ring (bicyclic) bond motifs is 1. The molecule has 0 fully saturated rings. The van der Waals surface area contributed by atoms with E-state index in [9.17, 15) is 0 Å². The second kappa shape index (κ2) is 5.53. The minimum atomic E-state index is -0.764. The van der Waals surface area contributed by atoms with Crippen molar-refractivity contribution in [2.45, 2.75) is 40.0 Å². The molecule has 2 rings (SSSR count). The maximum atomic E-state index is 6.26. The predicted molar refractivity (Wildman–Crippen MR) is 89.6 cm³/mol. The van der Waals surface area contributed by atoms with Crippen LogP contribution in [0.25, 0.3) is 10.9 Å². The van der Waals surface area contributed by atoms with Gasteiger partial charge in [-0.1, -0.05) is 39.0 Å². The minimum absolute atomic E-state index is 0.0562. The molecule has 1 atom stereocenters. The van der Waals surface area contributed by atoms with Gasteiger partial charge in [0.25, 0.3) is 0 Å². The summed E-state index contributed by atoms with van der Waals surface area (Å²) >= 11 is 2.29. The maximum absolute atomic E-state index is 6.26. The average Bonchev–Trinajstić information content (AvgIpc) is 2.67. The molecule has 0 saturated heterocycles. The predicted octanol–water partition coefficient (Wildman–Crippen LogP) is 4.52. The Morgan fingerprint density at radius 2 is 2.00 bits per heavy atom. The first-order valence-corrected chi connectivity index (χ1v) is 9.88. The molecule has 0 aliphatic carbocycles. The topological polar surface area (TPSA) is 37.9 Å². The highest BCUT2D eigenvalue weighted by Gasteiger charge is 2.30. The molecule has 0 spiro atoms. The van der Waals surface area contributed by atoms with E-state index in [1.165, 1.54) is 10.9 Å². The normalized spacial score (nSPS) is 14.3. The number of halogens is 1. The molecule has 1 radical (unpaired) electrons. The molecule has 3 nitrogen and oxygen atoms in total. The number of H-pyrrole nitrogens is 1. The third-order valence-corrected chi connectivity index (χ3v) is 4.52. The summed E-state index contributed by atoms with van der Waals surface area (Å²) in [5.74, 6) is 0. The summed E-state index contributed by atoms with van der Waals surface area (Å²) in [4.78, 5) is 0. The zero-order valence-corrected chi connectivity index (χ0v) is 15.2. The van der Waals surface area contributed by atoms with Gasteiger partial charge in [0.2, 0.25) is 9.04 Å². The van der Waals surface area contributed by atoms with Crippen LogP contribution in [0.1, 0.15) is 32.4 Å². The molecule has 1 heterocycles. The van der Waals surface area contributed by atoms with Crippen molar-refractivity contribution in [1.82, 2.24) is 10.2 Å². The van der Waals surface area contributed by atoms with Crippen LogP contribution in [0.2, 0.25) is 13.1 Å². The Labute approximate surface area is 130 Å². The molecular weight excluding hydrogens is 367 g/mol. The Kier molecular flexibility index (Phi) is 4.37. The third-order valence-electron chi connectivity index (χ3n) is 2.99. The molecule has 19 heavy (non-hydrogen) atoms. The van der Waals surface area contributed by atoms with Crippen LogP contribution < -0.4 is 0 Å². The smallest absolute Gasteiger partial charge is 0.205 e. The van der Waals surface area contributed by atoms with Gasteiger partial charge in [-0.25, -0.2) is 0 Å². The summed E-state index contributed by atoms with van der Waals surface area (Å²) < 4.78 is 7.35. The van der Waals surface area contributed by atoms with Gasteiger partial charge in [-0.05, 0) is 41.1 Å². The second-order valence-corrected chi connectivity index (χ2v) is 9.18. The molecule has 1 aromatic carbocycles. The number of rotatable bonds is 3. The average molecular weight is 387 g/mol. The molecular formula is C14H20IN2OSi. The van der Waals surface area contributed by atoms with Crippen LogP contribution in [-0.2, 0) is 4.43 Å². The SMILES string of the molecule is C[Si](C)OC(c1cccc2c(I)[nH]nc12)C(C)(C)C. The fourth-order valence-electron chi connectivity index (χ4n) is 2.18. The zero-order chi connectivity index (χ0) is 14.2. The number of para-hydroxylation sites is 1. The summed E-state index contributed by atoms with van der Waals surface area (Å²) in [6.07, 6.45) is 0.0826. The van der Waals surface area contributed by atoms with Crippen LogP contribution in [0.15, 0.2) is 18.2 Å². The monoisotopic (exact) mass is 387 g/mol. The summed E-state index contributed by atoms with van der Waals surface area (Å²) in [5.41, 5.74) is 2.28. The van der Waals surface area contributed by atoms with Gasteiger partial charge in [0.15, 0.2) is 0 Å². The summed E-state index contributed by atoms with van der Waals surface area (Å²) in [5, 5.41) is 8.70. The van der Waals surface area contributed by atoms with E-state index in [-0.39, 0.29) is 11.5 Å². The van der Waals surface area contributed by atoms with E-state index in [1.807, 2.05) is 0 Å². The molecule has 2 aromatic rings. The quantitative estimate of drug-likeness (QED) is 0.621. The van der Waals surface area contributed by atoms with Crippen molar-refractivity contribution in [3.05, 3.63) is 27.5 Å². The lowest BCUT2D eigenvalue weighted by Gasteiger charge is -2.32. The van der Waals surface area contributed by atoms with E-state index in [0.717, 1.165) is 9.22 Å². The molecule has 0 aliphatic heterocycles. The van der Waals surface area contributed by atoms with Gasteiger partial charge < -0.3 is 4.43 Å². The van der Waals surface area contributed by atoms with E-state index in [2.05, 4.69) is 84.9 Å². The van der Waals surface area contributed by atoms with Gasteiger partial charge in [-0.15, -0.1) is 0 Å². The summed E-state index contributed by atoms with van der Waals surface area (Å²) in [7, 11) is -0.764. The molecule has 0 bridgehead atoms. The Hall–Kier alpha value is -0.403. The van der Waals surface area contributed by atoms with Crippen molar-refractivity contribution in [3.63, 3.8) is 0 Å². The van der Waals surface area contributed by atoms with Crippen molar-refractivity contribution in [1.29, 1.82) is 0 Å². The van der Waals surface area contributed by atoms with Crippen molar-refractivity contribution >= 4 is 42.5 Å². The van der Waals surface area contributed by atoms with Crippen molar-refractivity contribution in [2.24, 2.45) is 5.41 Å². The van der Waals surface area contributed by atoms with Gasteiger partial charge in [-0.2, -0.15) is 5.10 Å². The number of hydrogen-bond acceptors (Lipinski definition) is 2. The largest absolute Gasteiger partial charge is 0.410 e. The van der Waals surface area contributed by atoms with E-state index in [4.69, 9.17) is 4.43 Å². The highest BCUT2D eigenvalue weighted by Crippen LogP contribution is 2.39. The summed E-state index contributed by atoms with van der Waals surface area (Å²) in [6.45, 7) is 11.0. The van der Waals surface area contributed by atoms with Crippen LogP contribution in [0.5, 0.6) is 0 Å². The van der Waals surface area contributed by atoms with Crippen molar-refractivity contribution < 1.29 is 4.43 Å². The number of hydrogen-bond donors (Lipinski definition) is 1. The number of benzene rings is 1. The van der Waals surface area contributed by atoms with E-state index < -0.39 is 9.04 Å². The van der Waals surface area contributed by atoms with Crippen molar-refractivity contribution in [2.75, 3.05) is 0 Å². The lowest BCUT2D eigenvalue weighted by molar-refractivity contribution is 0.0877. The molecule has 0 aliphatic rings. The fourth-order valence-corrected chi connectivity index (χ4v) is 3.69. The molecule has 1 aromatic heterocycles. The van der Waals surface area contributed by atoms with Crippen LogP contribution in [0, 0.1) is 9.12 Å². The Morgan fingerprint density at radius 3 is 2.58 bits per heavy atom. The number of aromatic amines is 1. The Balaban J connectivity index is 2.56. The van der Waals surface area contributed by atoms with E-state index in [1.54, 1.807) is 0 Å². The third kappa shape index (κ3) is 3.20. The van der Waals surface area contributed by atoms with E-state index >= 15 is 0 Å². The molecule has 1 unspecified atom stereocenters. The highest BCUT2D eigenvalue weighted by atomic mass is 127. The highest BCUT2D eigenvalue weighted by molar-refractivity contribution is 14.1. The zero-order valence-electron chi connectivity index (χ0n) is 12.0. The Morgan fingerprint density at radius 1 is 1.32 bits per heavy atom. The number of nitrogens with one attached hydrogen (secondary N) is 1. The Bertz CT molecular complexity index is 574. The van der Waals surface area contributed by atoms with Crippen LogP contribution >= 0.6 is 22.6 Å². The second-order valence-electron chi connectivity index (χ2n) is 6.05. The van der Waals surface area contributed by atoms with Crippen molar-refractivity contribution in [3.8, 4) is 0 Å². The standard InChI is InChI=1S/C14H20IN2OSi/c1-14(2,3)12(18-19(4)5)9-7-6-8-10-11(9)16-17-13(10)15/h6-8,12H,1-5H3,(H,16,17). The maximum Gasteiger partial charge on any atom is 0.205 e. The van der Waals surface area contributed by atoms with Crippen LogP contribution in [0.4, 0.5) is 0 Å². The van der Waals surface area contributed by atoms with Gasteiger partial charge >= 0.3 is 0 Å². The fraction of sp³-hybridized carbons (Fsp3) is 0.500. The van der Waals surface area contributed by atoms with E-state index in [0.29, 0.717) is 0 Å². The van der Waals surface area contributed by atoms with Gasteiger partial charge in [0.05, 0.1) is 11.6 Å². The number of nitrogens with zero attached hydrogens (tertiary/aromatic N) is 1. The molecule has 103 valence electrons. The lowest BCUT2D eigenvalue weighted by atomic mass is 9.84. The minimum Gasteiger partial charge on any atom is -0.410 e. The van der Waals surface area contributed by atoms with Crippen LogP contribution in [0.3, 0.4) is 0 Å². The number of aromatic nitrogens is 2. The van der Waals surface area contributed by atoms with Crippen LogP contribution in [-0.4, -0.2) is 19.2 Å². The molecule has 0 saturated carbocycles. The molecule has 5 heteroatoms. The van der Waals surface area contributed by atoms with Gasteiger partial charge in [-0.3, -0.25) is 5.10 Å². The molecule has 1 N–H and O–H groups in total. The molecule has 0 amide bonds. The summed E-state index contributed by atoms with van der Waals surface area (Å²) in [6, 6.07) is 6.34. The van der Waals surface area contributed by atoms with Gasteiger partial charge in [0, 0.05) is 10.9 Å². The first kappa shape index (κ1) is 15.0. The first-order valence-electron chi connectivity index (χ1n) is 6.40. The van der Waals surface area contributed by atoms with Gasteiger partial charge in [0.1, 0.15) is 3.70 Å². The lowest BCUT2D eigenvalue weighted by Crippen LogP contribution is -2.26.